The van der Waals surface area contributed by atoms with Crippen molar-refractivity contribution in [2.45, 2.75) is 23.7 Å². The van der Waals surface area contributed by atoms with Crippen molar-refractivity contribution in [2.24, 2.45) is 0 Å². The number of benzene rings is 5. The Morgan fingerprint density at radius 2 is 1.48 bits per heavy atom. The SMILES string of the molecule is CC(Sc1cccc(NC(=O)/C(=C/c2ccc(OCc3ccccc3)cc2)NC(=O)c2ccccc2)c1)C(=O)Nc1ccc(Cl)c(C(=O)O)c1. The molecular formula is C39H32ClN3O6S. The molecule has 4 N–H and O–H groups in total. The number of amides is 3. The number of carbonyl (C=O) groups is 4. The molecule has 50 heavy (non-hydrogen) atoms. The number of thioether (sulfide) groups is 1. The van der Waals surface area contributed by atoms with E-state index >= 15 is 0 Å². The highest BCUT2D eigenvalue weighted by atomic mass is 35.5. The standard InChI is InChI=1S/C39H32ClN3O6S/c1-25(36(44)41-30-17-20-34(40)33(23-30)39(47)48)50-32-14-8-13-29(22-32)42-38(46)35(43-37(45)28-11-6-3-7-12-28)21-26-15-18-31(19-16-26)49-24-27-9-4-2-5-10-27/h2-23,25H,24H2,1H3,(H,41,44)(H,42,46)(H,43,45)(H,47,48)/b35-21-. The zero-order valence-electron chi connectivity index (χ0n) is 26.8. The van der Waals surface area contributed by atoms with Crippen LogP contribution in [-0.2, 0) is 16.2 Å². The molecule has 0 aliphatic carbocycles. The van der Waals surface area contributed by atoms with E-state index in [0.717, 1.165) is 5.56 Å². The highest BCUT2D eigenvalue weighted by Gasteiger charge is 2.18. The van der Waals surface area contributed by atoms with Crippen LogP contribution in [-0.4, -0.2) is 34.0 Å². The van der Waals surface area contributed by atoms with E-state index in [2.05, 4.69) is 16.0 Å². The van der Waals surface area contributed by atoms with Crippen LogP contribution in [0.3, 0.4) is 0 Å². The normalized spacial score (nSPS) is 11.6. The van der Waals surface area contributed by atoms with Gasteiger partial charge in [-0.15, -0.1) is 11.8 Å². The lowest BCUT2D eigenvalue weighted by Gasteiger charge is -2.14. The first kappa shape index (κ1) is 35.5. The molecule has 5 aromatic rings. The molecule has 0 radical (unpaired) electrons. The summed E-state index contributed by atoms with van der Waals surface area (Å²) >= 11 is 7.19. The fraction of sp³-hybridized carbons (Fsp3) is 0.0769. The Labute approximate surface area is 298 Å². The Morgan fingerprint density at radius 1 is 0.800 bits per heavy atom. The van der Waals surface area contributed by atoms with Crippen LogP contribution < -0.4 is 20.7 Å². The first-order chi connectivity index (χ1) is 24.1. The lowest BCUT2D eigenvalue weighted by molar-refractivity contribution is -0.115. The molecule has 0 bridgehead atoms. The Hall–Kier alpha value is -5.84. The number of rotatable bonds is 13. The average Bonchev–Trinajstić information content (AvgIpc) is 3.12. The minimum absolute atomic E-state index is 0.0197. The topological polar surface area (TPSA) is 134 Å². The van der Waals surface area contributed by atoms with Gasteiger partial charge in [0, 0.05) is 21.8 Å². The van der Waals surface area contributed by atoms with Gasteiger partial charge in [0.2, 0.25) is 5.91 Å². The van der Waals surface area contributed by atoms with E-state index in [-0.39, 0.29) is 22.2 Å². The van der Waals surface area contributed by atoms with E-state index < -0.39 is 23.0 Å². The maximum Gasteiger partial charge on any atom is 0.337 e. The van der Waals surface area contributed by atoms with E-state index in [0.29, 0.717) is 39.8 Å². The van der Waals surface area contributed by atoms with Gasteiger partial charge in [0.05, 0.1) is 15.8 Å². The lowest BCUT2D eigenvalue weighted by atomic mass is 10.1. The van der Waals surface area contributed by atoms with Crippen LogP contribution in [0.4, 0.5) is 11.4 Å². The van der Waals surface area contributed by atoms with Crippen molar-refractivity contribution in [1.29, 1.82) is 0 Å². The molecule has 5 aromatic carbocycles. The van der Waals surface area contributed by atoms with Gasteiger partial charge in [-0.25, -0.2) is 4.79 Å². The Kier molecular flexibility index (Phi) is 12.1. The Bertz CT molecular complexity index is 2020. The summed E-state index contributed by atoms with van der Waals surface area (Å²) in [5.41, 5.74) is 2.73. The summed E-state index contributed by atoms with van der Waals surface area (Å²) in [4.78, 5) is 51.7. The summed E-state index contributed by atoms with van der Waals surface area (Å²) in [6, 6.07) is 36.7. The predicted octanol–water partition coefficient (Wildman–Crippen LogP) is 8.15. The number of hydrogen-bond acceptors (Lipinski definition) is 6. The molecule has 1 unspecified atom stereocenters. The Morgan fingerprint density at radius 3 is 2.18 bits per heavy atom. The van der Waals surface area contributed by atoms with E-state index in [1.54, 1.807) is 91.9 Å². The predicted molar refractivity (Wildman–Crippen MR) is 197 cm³/mol. The van der Waals surface area contributed by atoms with Crippen molar-refractivity contribution >= 4 is 64.5 Å². The molecule has 0 aromatic heterocycles. The summed E-state index contributed by atoms with van der Waals surface area (Å²) < 4.78 is 5.88. The van der Waals surface area contributed by atoms with Crippen molar-refractivity contribution in [3.8, 4) is 5.75 Å². The first-order valence-electron chi connectivity index (χ1n) is 15.4. The van der Waals surface area contributed by atoms with Crippen LogP contribution in [0, 0.1) is 0 Å². The van der Waals surface area contributed by atoms with Gasteiger partial charge in [-0.2, -0.15) is 0 Å². The third-order valence-electron chi connectivity index (χ3n) is 7.21. The summed E-state index contributed by atoms with van der Waals surface area (Å²) in [6.07, 6.45) is 1.58. The van der Waals surface area contributed by atoms with Crippen molar-refractivity contribution < 1.29 is 29.0 Å². The van der Waals surface area contributed by atoms with Crippen LogP contribution in [0.1, 0.15) is 38.8 Å². The van der Waals surface area contributed by atoms with Gasteiger partial charge in [0.15, 0.2) is 0 Å². The molecule has 3 amide bonds. The lowest BCUT2D eigenvalue weighted by Crippen LogP contribution is -2.30. The van der Waals surface area contributed by atoms with Gasteiger partial charge in [-0.3, -0.25) is 14.4 Å². The second kappa shape index (κ2) is 17.0. The van der Waals surface area contributed by atoms with E-state index in [4.69, 9.17) is 16.3 Å². The molecule has 1 atom stereocenters. The number of carboxylic acids is 1. The van der Waals surface area contributed by atoms with Crippen molar-refractivity contribution in [1.82, 2.24) is 5.32 Å². The molecule has 252 valence electrons. The summed E-state index contributed by atoms with van der Waals surface area (Å²) in [7, 11) is 0. The van der Waals surface area contributed by atoms with Gasteiger partial charge < -0.3 is 25.8 Å². The zero-order chi connectivity index (χ0) is 35.5. The minimum Gasteiger partial charge on any atom is -0.489 e. The fourth-order valence-corrected chi connectivity index (χ4v) is 5.75. The second-order valence-corrected chi connectivity index (χ2v) is 12.8. The first-order valence-corrected chi connectivity index (χ1v) is 16.7. The van der Waals surface area contributed by atoms with Gasteiger partial charge in [-0.05, 0) is 84.8 Å². The molecule has 0 aliphatic rings. The van der Waals surface area contributed by atoms with Gasteiger partial charge in [0.25, 0.3) is 11.8 Å². The third kappa shape index (κ3) is 10.1. The number of aromatic carboxylic acids is 1. The van der Waals surface area contributed by atoms with Crippen LogP contribution in [0.5, 0.6) is 5.75 Å². The van der Waals surface area contributed by atoms with Crippen LogP contribution in [0.2, 0.25) is 5.02 Å². The number of ether oxygens (including phenoxy) is 1. The van der Waals surface area contributed by atoms with Crippen LogP contribution in [0.15, 0.2) is 138 Å². The number of carboxylic acid groups (broad SMARTS) is 1. The van der Waals surface area contributed by atoms with Crippen molar-refractivity contribution in [2.75, 3.05) is 10.6 Å². The molecule has 9 nitrogen and oxygen atoms in total. The number of halogens is 1. The maximum atomic E-state index is 13.6. The molecule has 0 saturated heterocycles. The average molecular weight is 706 g/mol. The van der Waals surface area contributed by atoms with E-state index in [9.17, 15) is 24.3 Å². The fourth-order valence-electron chi connectivity index (χ4n) is 4.62. The summed E-state index contributed by atoms with van der Waals surface area (Å²) in [5.74, 6) is -1.90. The highest BCUT2D eigenvalue weighted by Crippen LogP contribution is 2.28. The van der Waals surface area contributed by atoms with Crippen molar-refractivity contribution in [3.63, 3.8) is 0 Å². The van der Waals surface area contributed by atoms with Crippen LogP contribution >= 0.6 is 23.4 Å². The number of nitrogens with one attached hydrogen (secondary N) is 3. The number of hydrogen-bond donors (Lipinski definition) is 4. The monoisotopic (exact) mass is 705 g/mol. The maximum absolute atomic E-state index is 13.6. The Balaban J connectivity index is 1.28. The smallest absolute Gasteiger partial charge is 0.337 e. The molecule has 0 fully saturated rings. The molecule has 0 heterocycles. The molecule has 5 rings (SSSR count). The summed E-state index contributed by atoms with van der Waals surface area (Å²) in [5, 5.41) is 17.1. The van der Waals surface area contributed by atoms with Crippen LogP contribution in [0.25, 0.3) is 6.08 Å². The van der Waals surface area contributed by atoms with Gasteiger partial charge >= 0.3 is 5.97 Å². The summed E-state index contributed by atoms with van der Waals surface area (Å²) in [6.45, 7) is 2.12. The number of carbonyl (C=O) groups excluding carboxylic acids is 3. The molecular weight excluding hydrogens is 674 g/mol. The largest absolute Gasteiger partial charge is 0.489 e. The molecule has 0 aliphatic heterocycles. The molecule has 0 saturated carbocycles. The van der Waals surface area contributed by atoms with Gasteiger partial charge in [0.1, 0.15) is 18.1 Å². The van der Waals surface area contributed by atoms with E-state index in [1.807, 2.05) is 30.3 Å². The highest BCUT2D eigenvalue weighted by molar-refractivity contribution is 8.00. The van der Waals surface area contributed by atoms with Crippen molar-refractivity contribution in [3.05, 3.63) is 160 Å². The third-order valence-corrected chi connectivity index (χ3v) is 8.63. The molecule has 0 spiro atoms. The zero-order valence-corrected chi connectivity index (χ0v) is 28.3. The van der Waals surface area contributed by atoms with E-state index in [1.165, 1.54) is 30.0 Å². The second-order valence-electron chi connectivity index (χ2n) is 11.0. The minimum atomic E-state index is -1.20. The number of anilines is 2. The quantitative estimate of drug-likeness (QED) is 0.0718. The molecule has 11 heteroatoms. The van der Waals surface area contributed by atoms with Gasteiger partial charge in [-0.1, -0.05) is 78.3 Å².